The highest BCUT2D eigenvalue weighted by molar-refractivity contribution is 6.74. The van der Waals surface area contributed by atoms with Crippen LogP contribution in [0.15, 0.2) is 0 Å². The van der Waals surface area contributed by atoms with E-state index in [0.717, 1.165) is 0 Å². The van der Waals surface area contributed by atoms with Gasteiger partial charge >= 0.3 is 0 Å². The molecule has 0 radical (unpaired) electrons. The topological polar surface area (TPSA) is 83.5 Å². The number of Topliss-reactive ketones (excluding diaryl/α,β-unsaturated/α-hetero) is 1. The van der Waals surface area contributed by atoms with E-state index in [9.17, 15) is 4.79 Å². The Morgan fingerprint density at radius 3 is 2.04 bits per heavy atom. The Morgan fingerprint density at radius 2 is 1.61 bits per heavy atom. The summed E-state index contributed by atoms with van der Waals surface area (Å²) in [5.74, 6) is -0.484. The van der Waals surface area contributed by atoms with E-state index in [1.807, 2.05) is 0 Å². The monoisotopic (exact) mass is 352 g/mol. The average molecular weight is 353 g/mol. The quantitative estimate of drug-likeness (QED) is 0.421. The summed E-state index contributed by atoms with van der Waals surface area (Å²) < 4.78 is 26.8. The second-order valence-corrected chi connectivity index (χ2v) is 11.6. The first kappa shape index (κ1) is 22.6. The minimum atomic E-state index is -2.01. The number of aliphatic hydroxyl groups excluding tert-OH is 1. The zero-order valence-corrected chi connectivity index (χ0v) is 16.4. The molecule has 8 heteroatoms. The smallest absolute Gasteiger partial charge is 0.192 e. The van der Waals surface area contributed by atoms with E-state index in [0.29, 0.717) is 0 Å². The molecule has 0 aromatic carbocycles. The summed E-state index contributed by atoms with van der Waals surface area (Å²) in [5, 5.41) is 9.18. The molecule has 1 N–H and O–H groups in total. The van der Waals surface area contributed by atoms with Crippen molar-refractivity contribution >= 4 is 14.1 Å². The highest BCUT2D eigenvalue weighted by atomic mass is 28.4. The predicted molar refractivity (Wildman–Crippen MR) is 88.7 cm³/mol. The van der Waals surface area contributed by atoms with Gasteiger partial charge in [0.05, 0.1) is 6.61 Å². The van der Waals surface area contributed by atoms with Gasteiger partial charge in [0.25, 0.3) is 0 Å². The van der Waals surface area contributed by atoms with Crippen molar-refractivity contribution in [2.75, 3.05) is 41.0 Å². The Bertz CT molecular complexity index is 341. The molecule has 0 heterocycles. The minimum absolute atomic E-state index is 0.00290. The third-order valence-corrected chi connectivity index (χ3v) is 8.49. The molecule has 7 nitrogen and oxygen atoms in total. The van der Waals surface area contributed by atoms with E-state index in [2.05, 4.69) is 33.9 Å². The lowest BCUT2D eigenvalue weighted by Crippen LogP contribution is -2.48. The van der Waals surface area contributed by atoms with Crippen LogP contribution in [0.5, 0.6) is 0 Å². The molecular weight excluding hydrogens is 320 g/mol. The normalized spacial score (nSPS) is 15.5. The van der Waals surface area contributed by atoms with Crippen molar-refractivity contribution in [3.05, 3.63) is 0 Å². The second-order valence-electron chi connectivity index (χ2n) is 6.80. The molecule has 138 valence electrons. The minimum Gasteiger partial charge on any atom is -0.414 e. The highest BCUT2D eigenvalue weighted by Crippen LogP contribution is 2.36. The van der Waals surface area contributed by atoms with E-state index < -0.39 is 32.9 Å². The number of ether oxygens (including phenoxy) is 4. The maximum atomic E-state index is 11.9. The zero-order valence-electron chi connectivity index (χ0n) is 15.4. The molecule has 0 unspecified atom stereocenters. The Labute approximate surface area is 140 Å². The first-order chi connectivity index (χ1) is 10.6. The van der Waals surface area contributed by atoms with Crippen molar-refractivity contribution in [1.29, 1.82) is 0 Å². The molecule has 0 aliphatic rings. The van der Waals surface area contributed by atoms with Crippen molar-refractivity contribution in [3.8, 4) is 0 Å². The van der Waals surface area contributed by atoms with E-state index in [1.54, 1.807) is 0 Å². The molecule has 0 aliphatic carbocycles. The fourth-order valence-corrected chi connectivity index (χ4v) is 2.54. The number of methoxy groups -OCH3 is 2. The Morgan fingerprint density at radius 1 is 1.09 bits per heavy atom. The van der Waals surface area contributed by atoms with E-state index in [1.165, 1.54) is 14.2 Å². The maximum absolute atomic E-state index is 11.9. The van der Waals surface area contributed by atoms with Gasteiger partial charge in [-0.15, -0.1) is 0 Å². The molecular formula is C15H32O7Si. The fourth-order valence-electron chi connectivity index (χ4n) is 1.52. The van der Waals surface area contributed by atoms with Crippen molar-refractivity contribution in [2.24, 2.45) is 0 Å². The Kier molecular flexibility index (Phi) is 10.3. The van der Waals surface area contributed by atoms with Crippen LogP contribution in [-0.4, -0.2) is 72.4 Å². The van der Waals surface area contributed by atoms with Crippen molar-refractivity contribution < 1.29 is 33.3 Å². The first-order valence-corrected chi connectivity index (χ1v) is 10.5. The summed E-state index contributed by atoms with van der Waals surface area (Å²) in [7, 11) is 0.936. The van der Waals surface area contributed by atoms with E-state index in [-0.39, 0.29) is 25.2 Å². The molecule has 0 spiro atoms. The van der Waals surface area contributed by atoms with Gasteiger partial charge in [-0.25, -0.2) is 0 Å². The number of carbonyl (C=O) groups excluding carboxylic acids is 1. The van der Waals surface area contributed by atoms with Crippen LogP contribution in [0.3, 0.4) is 0 Å². The predicted octanol–water partition coefficient (Wildman–Crippen LogP) is 1.55. The molecule has 23 heavy (non-hydrogen) atoms. The number of aliphatic hydroxyl groups is 1. The summed E-state index contributed by atoms with van der Waals surface area (Å²) in [4.78, 5) is 11.9. The SMILES string of the molecule is COCO[C@H](C(=O)CO)[C@@H](CO[Si](C)(C)C(C)(C)C)OCOC. The number of hydrogen-bond donors (Lipinski definition) is 1. The van der Waals surface area contributed by atoms with Crippen LogP contribution in [0.1, 0.15) is 20.8 Å². The van der Waals surface area contributed by atoms with Gasteiger partial charge in [-0.2, -0.15) is 0 Å². The Hall–Kier alpha value is -0.353. The van der Waals surface area contributed by atoms with Crippen molar-refractivity contribution in [3.63, 3.8) is 0 Å². The molecule has 0 aromatic heterocycles. The standard InChI is InChI=1S/C15H32O7Si/c1-15(2,3)23(6,7)22-9-13(20-10-18-4)14(12(17)8-16)21-11-19-5/h13-14,16H,8-11H2,1-7H3/t13-,14-/m1/s1. The van der Waals surface area contributed by atoms with Crippen molar-refractivity contribution in [2.45, 2.75) is 51.1 Å². The van der Waals surface area contributed by atoms with Gasteiger partial charge < -0.3 is 28.5 Å². The van der Waals surface area contributed by atoms with Crippen LogP contribution in [0.4, 0.5) is 0 Å². The summed E-state index contributed by atoms with van der Waals surface area (Å²) in [6.45, 7) is 10.1. The van der Waals surface area contributed by atoms with Gasteiger partial charge in [-0.1, -0.05) is 20.8 Å². The molecule has 0 amide bonds. The molecule has 0 aromatic rings. The van der Waals surface area contributed by atoms with Crippen molar-refractivity contribution in [1.82, 2.24) is 0 Å². The maximum Gasteiger partial charge on any atom is 0.192 e. The summed E-state index contributed by atoms with van der Waals surface area (Å²) in [6.07, 6.45) is -1.65. The molecule has 0 fully saturated rings. The highest BCUT2D eigenvalue weighted by Gasteiger charge is 2.39. The van der Waals surface area contributed by atoms with Gasteiger partial charge in [0.15, 0.2) is 14.1 Å². The van der Waals surface area contributed by atoms with Crippen LogP contribution >= 0.6 is 0 Å². The average Bonchev–Trinajstić information content (AvgIpc) is 2.47. The molecule has 0 saturated carbocycles. The van der Waals surface area contributed by atoms with Gasteiger partial charge in [-0.05, 0) is 18.1 Å². The van der Waals surface area contributed by atoms with Gasteiger partial charge in [0, 0.05) is 14.2 Å². The lowest BCUT2D eigenvalue weighted by Gasteiger charge is -2.38. The number of ketones is 1. The van der Waals surface area contributed by atoms with Crippen LogP contribution in [-0.2, 0) is 28.2 Å². The zero-order chi connectivity index (χ0) is 18.1. The fraction of sp³-hybridized carbons (Fsp3) is 0.933. The number of rotatable bonds is 12. The van der Waals surface area contributed by atoms with E-state index in [4.69, 9.17) is 28.5 Å². The third-order valence-electron chi connectivity index (χ3n) is 3.99. The van der Waals surface area contributed by atoms with Crippen LogP contribution in [0, 0.1) is 0 Å². The van der Waals surface area contributed by atoms with Gasteiger partial charge in [-0.3, -0.25) is 4.79 Å². The van der Waals surface area contributed by atoms with Crippen LogP contribution in [0.25, 0.3) is 0 Å². The summed E-state index contributed by atoms with van der Waals surface area (Å²) in [6, 6.07) is 0. The number of hydrogen-bond acceptors (Lipinski definition) is 7. The molecule has 0 aliphatic heterocycles. The molecule has 2 atom stereocenters. The van der Waals surface area contributed by atoms with Crippen LogP contribution < -0.4 is 0 Å². The third kappa shape index (κ3) is 7.84. The first-order valence-electron chi connectivity index (χ1n) is 7.59. The lowest BCUT2D eigenvalue weighted by molar-refractivity contribution is -0.177. The molecule has 0 rings (SSSR count). The van der Waals surface area contributed by atoms with Gasteiger partial charge in [0.2, 0.25) is 0 Å². The number of carbonyl (C=O) groups is 1. The Balaban J connectivity index is 5.03. The van der Waals surface area contributed by atoms with Crippen LogP contribution in [0.2, 0.25) is 18.1 Å². The largest absolute Gasteiger partial charge is 0.414 e. The summed E-state index contributed by atoms with van der Waals surface area (Å²) >= 11 is 0. The van der Waals surface area contributed by atoms with E-state index >= 15 is 0 Å². The lowest BCUT2D eigenvalue weighted by atomic mass is 10.1. The molecule has 0 bridgehead atoms. The second kappa shape index (κ2) is 10.5. The summed E-state index contributed by atoms with van der Waals surface area (Å²) in [5.41, 5.74) is 0. The molecule has 0 saturated heterocycles. The van der Waals surface area contributed by atoms with Gasteiger partial charge in [0.1, 0.15) is 32.4 Å².